The van der Waals surface area contributed by atoms with E-state index in [9.17, 15) is 0 Å². The van der Waals surface area contributed by atoms with Gasteiger partial charge in [0.05, 0.1) is 18.2 Å². The minimum Gasteiger partial charge on any atom is -0.419 e. The molecule has 0 saturated carbocycles. The van der Waals surface area contributed by atoms with Gasteiger partial charge in [0.25, 0.3) is 0 Å². The zero-order chi connectivity index (χ0) is 13.7. The molecule has 1 N–H and O–H groups in total. The Morgan fingerprint density at radius 3 is 2.89 bits per heavy atom. The van der Waals surface area contributed by atoms with Crippen LogP contribution in [0.3, 0.4) is 0 Å². The Morgan fingerprint density at radius 1 is 1.37 bits per heavy atom. The molecule has 0 spiro atoms. The fourth-order valence-corrected chi connectivity index (χ4v) is 1.99. The van der Waals surface area contributed by atoms with Crippen molar-refractivity contribution in [3.63, 3.8) is 0 Å². The molecule has 0 aliphatic rings. The van der Waals surface area contributed by atoms with Gasteiger partial charge in [-0.3, -0.25) is 0 Å². The van der Waals surface area contributed by atoms with Crippen molar-refractivity contribution in [3.05, 3.63) is 34.6 Å². The largest absolute Gasteiger partial charge is 0.419 e. The van der Waals surface area contributed by atoms with E-state index in [1.165, 1.54) is 0 Å². The number of ether oxygens (including phenoxy) is 1. The lowest BCUT2D eigenvalue weighted by atomic mass is 10.2. The molecular weight excluding hydrogens is 310 g/mol. The van der Waals surface area contributed by atoms with Gasteiger partial charge in [-0.15, -0.1) is 10.2 Å². The van der Waals surface area contributed by atoms with Crippen LogP contribution < -0.4 is 5.32 Å². The lowest BCUT2D eigenvalue weighted by Crippen LogP contribution is -2.25. The number of aromatic nitrogens is 2. The van der Waals surface area contributed by atoms with Crippen LogP contribution in [0.25, 0.3) is 11.5 Å². The predicted octanol–water partition coefficient (Wildman–Crippen LogP) is 2.62. The Labute approximate surface area is 120 Å². The van der Waals surface area contributed by atoms with Crippen molar-refractivity contribution < 1.29 is 9.15 Å². The summed E-state index contributed by atoms with van der Waals surface area (Å²) in [6.45, 7) is 3.27. The van der Waals surface area contributed by atoms with Gasteiger partial charge in [-0.05, 0) is 35.0 Å². The highest BCUT2D eigenvalue weighted by molar-refractivity contribution is 9.10. The molecule has 0 aliphatic carbocycles. The highest BCUT2D eigenvalue weighted by Crippen LogP contribution is 2.26. The van der Waals surface area contributed by atoms with Gasteiger partial charge < -0.3 is 14.5 Å². The number of methoxy groups -OCH3 is 1. The van der Waals surface area contributed by atoms with E-state index in [0.717, 1.165) is 16.6 Å². The van der Waals surface area contributed by atoms with E-state index in [4.69, 9.17) is 9.15 Å². The fraction of sp³-hybridized carbons (Fsp3) is 0.385. The van der Waals surface area contributed by atoms with Gasteiger partial charge in [0.2, 0.25) is 11.8 Å². The summed E-state index contributed by atoms with van der Waals surface area (Å²) in [5, 5.41) is 11.3. The number of hydrogen-bond donors (Lipinski definition) is 1. The van der Waals surface area contributed by atoms with Gasteiger partial charge in [-0.1, -0.05) is 12.1 Å². The number of halogens is 1. The normalized spacial score (nSPS) is 12.6. The third-order valence-corrected chi connectivity index (χ3v) is 3.37. The van der Waals surface area contributed by atoms with Gasteiger partial charge in [0.1, 0.15) is 0 Å². The Kier molecular flexibility index (Phi) is 5.07. The molecule has 5 nitrogen and oxygen atoms in total. The Morgan fingerprint density at radius 2 is 2.16 bits per heavy atom. The first-order valence-electron chi connectivity index (χ1n) is 6.01. The summed E-state index contributed by atoms with van der Waals surface area (Å²) in [6.07, 6.45) is 0.158. The maximum absolute atomic E-state index is 5.61. The van der Waals surface area contributed by atoms with Crippen LogP contribution in [0.1, 0.15) is 12.8 Å². The molecule has 0 aliphatic heterocycles. The van der Waals surface area contributed by atoms with Crippen molar-refractivity contribution >= 4 is 15.9 Å². The summed E-state index contributed by atoms with van der Waals surface area (Å²) in [5.41, 5.74) is 0.895. The molecule has 0 amide bonds. The molecule has 0 bridgehead atoms. The summed E-state index contributed by atoms with van der Waals surface area (Å²) in [7, 11) is 1.68. The maximum atomic E-state index is 5.61. The third-order valence-electron chi connectivity index (χ3n) is 2.68. The van der Waals surface area contributed by atoms with Crippen LogP contribution in [-0.4, -0.2) is 30.0 Å². The van der Waals surface area contributed by atoms with Crippen LogP contribution in [0.2, 0.25) is 0 Å². The second-order valence-electron chi connectivity index (χ2n) is 4.16. The van der Waals surface area contributed by atoms with E-state index in [-0.39, 0.29) is 6.10 Å². The second-order valence-corrected chi connectivity index (χ2v) is 5.01. The zero-order valence-corrected chi connectivity index (χ0v) is 12.5. The summed E-state index contributed by atoms with van der Waals surface area (Å²) in [4.78, 5) is 0. The molecule has 1 aromatic heterocycles. The van der Waals surface area contributed by atoms with Crippen molar-refractivity contribution in [2.45, 2.75) is 19.6 Å². The molecule has 102 valence electrons. The Bertz CT molecular complexity index is 530. The SMILES string of the molecule is COC(C)CNCc1nnc(-c2ccccc2Br)o1. The molecule has 19 heavy (non-hydrogen) atoms. The number of rotatable bonds is 6. The number of nitrogens with one attached hydrogen (secondary N) is 1. The van der Waals surface area contributed by atoms with E-state index in [2.05, 4.69) is 31.4 Å². The quantitative estimate of drug-likeness (QED) is 0.884. The maximum Gasteiger partial charge on any atom is 0.248 e. The highest BCUT2D eigenvalue weighted by atomic mass is 79.9. The average molecular weight is 326 g/mol. The molecule has 2 rings (SSSR count). The monoisotopic (exact) mass is 325 g/mol. The number of nitrogens with zero attached hydrogens (tertiary/aromatic N) is 2. The molecule has 1 unspecified atom stereocenters. The molecule has 1 aromatic carbocycles. The minimum atomic E-state index is 0.158. The van der Waals surface area contributed by atoms with E-state index in [0.29, 0.717) is 18.3 Å². The van der Waals surface area contributed by atoms with Gasteiger partial charge in [-0.2, -0.15) is 0 Å². The topological polar surface area (TPSA) is 60.2 Å². The zero-order valence-electron chi connectivity index (χ0n) is 10.9. The highest BCUT2D eigenvalue weighted by Gasteiger charge is 2.11. The number of hydrogen-bond acceptors (Lipinski definition) is 5. The van der Waals surface area contributed by atoms with Crippen molar-refractivity contribution in [1.29, 1.82) is 0 Å². The van der Waals surface area contributed by atoms with Crippen molar-refractivity contribution in [1.82, 2.24) is 15.5 Å². The summed E-state index contributed by atoms with van der Waals surface area (Å²) >= 11 is 3.46. The van der Waals surface area contributed by atoms with Crippen molar-refractivity contribution in [2.24, 2.45) is 0 Å². The molecule has 2 aromatic rings. The lowest BCUT2D eigenvalue weighted by Gasteiger charge is -2.08. The second kappa shape index (κ2) is 6.79. The first-order valence-corrected chi connectivity index (χ1v) is 6.81. The fourth-order valence-electron chi connectivity index (χ4n) is 1.53. The van der Waals surface area contributed by atoms with Crippen molar-refractivity contribution in [2.75, 3.05) is 13.7 Å². The molecular formula is C13H16BrN3O2. The van der Waals surface area contributed by atoms with Crippen LogP contribution >= 0.6 is 15.9 Å². The van der Waals surface area contributed by atoms with E-state index >= 15 is 0 Å². The van der Waals surface area contributed by atoms with Gasteiger partial charge in [0.15, 0.2) is 0 Å². The predicted molar refractivity (Wildman–Crippen MR) is 75.6 cm³/mol. The minimum absolute atomic E-state index is 0.158. The summed E-state index contributed by atoms with van der Waals surface area (Å²) in [6, 6.07) is 7.75. The van der Waals surface area contributed by atoms with Crippen molar-refractivity contribution in [3.8, 4) is 11.5 Å². The van der Waals surface area contributed by atoms with Gasteiger partial charge in [0, 0.05) is 18.1 Å². The average Bonchev–Trinajstić information content (AvgIpc) is 2.87. The molecule has 0 saturated heterocycles. The van der Waals surface area contributed by atoms with Gasteiger partial charge >= 0.3 is 0 Å². The molecule has 0 radical (unpaired) electrons. The van der Waals surface area contributed by atoms with Crippen LogP contribution in [0, 0.1) is 0 Å². The number of benzene rings is 1. The molecule has 6 heteroatoms. The smallest absolute Gasteiger partial charge is 0.248 e. The van der Waals surface area contributed by atoms with Crippen LogP contribution in [0.4, 0.5) is 0 Å². The Balaban J connectivity index is 1.98. The summed E-state index contributed by atoms with van der Waals surface area (Å²) in [5.74, 6) is 1.08. The molecule has 0 fully saturated rings. The van der Waals surface area contributed by atoms with E-state index < -0.39 is 0 Å². The lowest BCUT2D eigenvalue weighted by molar-refractivity contribution is 0.116. The first kappa shape index (κ1) is 14.2. The third kappa shape index (κ3) is 3.86. The van der Waals surface area contributed by atoms with Crippen LogP contribution in [0.5, 0.6) is 0 Å². The van der Waals surface area contributed by atoms with E-state index in [1.54, 1.807) is 7.11 Å². The summed E-state index contributed by atoms with van der Waals surface area (Å²) < 4.78 is 11.7. The molecule has 1 heterocycles. The van der Waals surface area contributed by atoms with E-state index in [1.807, 2.05) is 31.2 Å². The molecule has 1 atom stereocenters. The first-order chi connectivity index (χ1) is 9.20. The Hall–Kier alpha value is -1.24. The van der Waals surface area contributed by atoms with Crippen LogP contribution in [-0.2, 0) is 11.3 Å². The van der Waals surface area contributed by atoms with Crippen LogP contribution in [0.15, 0.2) is 33.2 Å². The standard InChI is InChI=1S/C13H16BrN3O2/c1-9(18-2)7-15-8-12-16-17-13(19-12)10-5-3-4-6-11(10)14/h3-6,9,15H,7-8H2,1-2H3. The van der Waals surface area contributed by atoms with Gasteiger partial charge in [-0.25, -0.2) is 0 Å².